The van der Waals surface area contributed by atoms with E-state index < -0.39 is 0 Å². The Morgan fingerprint density at radius 2 is 1.85 bits per heavy atom. The zero-order valence-electron chi connectivity index (χ0n) is 18.5. The predicted molar refractivity (Wildman–Crippen MR) is 136 cm³/mol. The van der Waals surface area contributed by atoms with Crippen molar-refractivity contribution in [2.75, 3.05) is 0 Å². The molecule has 1 aliphatic heterocycles. The molecule has 5 nitrogen and oxygen atoms in total. The minimum Gasteiger partial charge on any atom is -0.351 e. The van der Waals surface area contributed by atoms with Gasteiger partial charge in [0.05, 0.1) is 18.2 Å². The molecule has 0 aliphatic carbocycles. The Kier molecular flexibility index (Phi) is 6.07. The van der Waals surface area contributed by atoms with Crippen LogP contribution in [0.4, 0.5) is 0 Å². The van der Waals surface area contributed by atoms with Crippen molar-refractivity contribution in [2.24, 2.45) is 0 Å². The van der Waals surface area contributed by atoms with Crippen LogP contribution < -0.4 is 5.32 Å². The van der Waals surface area contributed by atoms with Gasteiger partial charge in [0.2, 0.25) is 5.82 Å². The van der Waals surface area contributed by atoms with E-state index in [9.17, 15) is 0 Å². The van der Waals surface area contributed by atoms with Gasteiger partial charge >= 0.3 is 0 Å². The first-order valence-electron chi connectivity index (χ1n) is 10.9. The molecule has 0 amide bonds. The van der Waals surface area contributed by atoms with Gasteiger partial charge in [-0.05, 0) is 48.1 Å². The van der Waals surface area contributed by atoms with Crippen LogP contribution in [0.3, 0.4) is 0 Å². The lowest BCUT2D eigenvalue weighted by Gasteiger charge is -2.37. The second kappa shape index (κ2) is 9.29. The largest absolute Gasteiger partial charge is 0.351 e. The van der Waals surface area contributed by atoms with Crippen molar-refractivity contribution < 1.29 is 4.52 Å². The molecule has 3 heterocycles. The van der Waals surface area contributed by atoms with Crippen LogP contribution in [0, 0.1) is 0 Å². The molecular weight excluding hydrogens is 448 g/mol. The van der Waals surface area contributed by atoms with Crippen LogP contribution in [0.5, 0.6) is 0 Å². The monoisotopic (exact) mass is 472 g/mol. The lowest BCUT2D eigenvalue weighted by atomic mass is 9.94. The highest BCUT2D eigenvalue weighted by Crippen LogP contribution is 2.38. The molecule has 0 saturated heterocycles. The van der Waals surface area contributed by atoms with E-state index >= 15 is 0 Å². The highest BCUT2D eigenvalue weighted by molar-refractivity contribution is 7.80. The summed E-state index contributed by atoms with van der Waals surface area (Å²) >= 11 is 7.52. The summed E-state index contributed by atoms with van der Waals surface area (Å²) in [6.07, 6.45) is 0.997. The summed E-state index contributed by atoms with van der Waals surface area (Å²) in [4.78, 5) is 8.12. The fourth-order valence-electron chi connectivity index (χ4n) is 4.04. The maximum atomic E-state index is 5.82. The molecular formula is C26H24N4OS2. The second-order valence-electron chi connectivity index (χ2n) is 7.93. The van der Waals surface area contributed by atoms with Crippen molar-refractivity contribution in [3.63, 3.8) is 0 Å². The molecule has 2 aromatic heterocycles. The molecule has 0 bridgehead atoms. The van der Waals surface area contributed by atoms with E-state index in [1.165, 1.54) is 10.4 Å². The lowest BCUT2D eigenvalue weighted by Crippen LogP contribution is -2.45. The molecule has 166 valence electrons. The fraction of sp³-hybridized carbons (Fsp3) is 0.192. The molecule has 1 N–H and O–H groups in total. The third-order valence-electron chi connectivity index (χ3n) is 5.90. The highest BCUT2D eigenvalue weighted by Gasteiger charge is 2.34. The minimum absolute atomic E-state index is 0.174. The summed E-state index contributed by atoms with van der Waals surface area (Å²) in [6, 6.07) is 22.5. The van der Waals surface area contributed by atoms with Gasteiger partial charge in [-0.1, -0.05) is 72.7 Å². The normalized spacial score (nSPS) is 16.2. The van der Waals surface area contributed by atoms with Gasteiger partial charge in [-0.2, -0.15) is 4.98 Å². The smallest absolute Gasteiger partial charge is 0.258 e. The number of hydrogen-bond acceptors (Lipinski definition) is 5. The maximum Gasteiger partial charge on any atom is 0.258 e. The van der Waals surface area contributed by atoms with E-state index in [1.54, 1.807) is 11.3 Å². The molecule has 33 heavy (non-hydrogen) atoms. The van der Waals surface area contributed by atoms with Gasteiger partial charge in [-0.3, -0.25) is 0 Å². The van der Waals surface area contributed by atoms with Gasteiger partial charge in [0.25, 0.3) is 5.89 Å². The first kappa shape index (κ1) is 21.6. The van der Waals surface area contributed by atoms with Crippen molar-refractivity contribution in [3.05, 3.63) is 99.7 Å². The molecule has 0 fully saturated rings. The van der Waals surface area contributed by atoms with Crippen molar-refractivity contribution in [1.82, 2.24) is 20.4 Å². The highest BCUT2D eigenvalue weighted by atomic mass is 32.1. The van der Waals surface area contributed by atoms with E-state index in [0.29, 0.717) is 23.4 Å². The standard InChI is InChI=1S/C26H24N4OS2/c1-3-18-11-13-19(14-12-18)23-22(25-28-24(29-31-25)20-8-5-4-6-9-20)17(2)30(26(32)27-23)16-21-10-7-15-33-21/h4-15,23H,3,16H2,1-2H3,(H,27,32). The Morgan fingerprint density at radius 1 is 1.06 bits per heavy atom. The van der Waals surface area contributed by atoms with Crippen molar-refractivity contribution in [2.45, 2.75) is 32.9 Å². The number of aryl methyl sites for hydroxylation is 1. The Balaban J connectivity index is 1.59. The second-order valence-corrected chi connectivity index (χ2v) is 9.35. The number of thiophene rings is 1. The SMILES string of the molecule is CCc1ccc(C2NC(=S)N(Cc3cccs3)C(C)=C2c2nc(-c3ccccc3)no2)cc1. The molecule has 0 radical (unpaired) electrons. The maximum absolute atomic E-state index is 5.82. The topological polar surface area (TPSA) is 54.2 Å². The van der Waals surface area contributed by atoms with E-state index in [0.717, 1.165) is 28.8 Å². The van der Waals surface area contributed by atoms with Crippen molar-refractivity contribution in [1.29, 1.82) is 0 Å². The number of nitrogens with one attached hydrogen (secondary N) is 1. The van der Waals surface area contributed by atoms with Gasteiger partial charge in [-0.15, -0.1) is 11.3 Å². The van der Waals surface area contributed by atoms with Crippen molar-refractivity contribution >= 4 is 34.2 Å². The van der Waals surface area contributed by atoms with Gasteiger partial charge < -0.3 is 14.7 Å². The summed E-state index contributed by atoms with van der Waals surface area (Å²) < 4.78 is 5.82. The Hall–Kier alpha value is -3.29. The summed E-state index contributed by atoms with van der Waals surface area (Å²) in [5.41, 5.74) is 5.28. The number of benzene rings is 2. The summed E-state index contributed by atoms with van der Waals surface area (Å²) in [6.45, 7) is 4.93. The molecule has 0 spiro atoms. The molecule has 2 aromatic carbocycles. The van der Waals surface area contributed by atoms with Crippen molar-refractivity contribution in [3.8, 4) is 11.4 Å². The molecule has 7 heteroatoms. The average Bonchev–Trinajstić information content (AvgIpc) is 3.54. The van der Waals surface area contributed by atoms with Gasteiger partial charge in [0, 0.05) is 16.1 Å². The molecule has 0 saturated carbocycles. The Labute approximate surface area is 202 Å². The van der Waals surface area contributed by atoms with Crippen LogP contribution in [-0.4, -0.2) is 20.2 Å². The Bertz CT molecular complexity index is 1280. The molecule has 5 rings (SSSR count). The van der Waals surface area contributed by atoms with E-state index in [-0.39, 0.29) is 6.04 Å². The third kappa shape index (κ3) is 4.34. The van der Waals surface area contributed by atoms with E-state index in [2.05, 4.69) is 71.0 Å². The molecule has 1 unspecified atom stereocenters. The van der Waals surface area contributed by atoms with Gasteiger partial charge in [-0.25, -0.2) is 0 Å². The van der Waals surface area contributed by atoms with Crippen LogP contribution in [0.2, 0.25) is 0 Å². The molecule has 4 aromatic rings. The van der Waals surface area contributed by atoms with Crippen LogP contribution >= 0.6 is 23.6 Å². The fourth-order valence-corrected chi connectivity index (χ4v) is 5.05. The van der Waals surface area contributed by atoms with Gasteiger partial charge in [0.1, 0.15) is 0 Å². The summed E-state index contributed by atoms with van der Waals surface area (Å²) in [7, 11) is 0. The first-order valence-corrected chi connectivity index (χ1v) is 12.2. The average molecular weight is 473 g/mol. The van der Waals surface area contributed by atoms with Crippen LogP contribution in [0.25, 0.3) is 17.0 Å². The van der Waals surface area contributed by atoms with Gasteiger partial charge in [0.15, 0.2) is 5.11 Å². The van der Waals surface area contributed by atoms with Crippen LogP contribution in [-0.2, 0) is 13.0 Å². The zero-order valence-corrected chi connectivity index (χ0v) is 20.1. The number of thiocarbonyl (C=S) groups is 1. The minimum atomic E-state index is -0.174. The first-order chi connectivity index (χ1) is 16.1. The molecule has 1 atom stereocenters. The van der Waals surface area contributed by atoms with Crippen LogP contribution in [0.1, 0.15) is 41.8 Å². The number of allylic oxidation sites excluding steroid dienone is 1. The zero-order chi connectivity index (χ0) is 22.8. The number of aromatic nitrogens is 2. The number of rotatable bonds is 6. The summed E-state index contributed by atoms with van der Waals surface area (Å²) in [5.74, 6) is 1.08. The van der Waals surface area contributed by atoms with Crippen LogP contribution in [0.15, 0.2) is 82.3 Å². The summed E-state index contributed by atoms with van der Waals surface area (Å²) in [5, 5.41) is 10.6. The quantitative estimate of drug-likeness (QED) is 0.336. The van der Waals surface area contributed by atoms with E-state index in [1.807, 2.05) is 30.3 Å². The number of hydrogen-bond donors (Lipinski definition) is 1. The third-order valence-corrected chi connectivity index (χ3v) is 7.10. The lowest BCUT2D eigenvalue weighted by molar-refractivity contribution is 0.396. The molecule has 1 aliphatic rings. The van der Waals surface area contributed by atoms with E-state index in [4.69, 9.17) is 21.7 Å². The predicted octanol–water partition coefficient (Wildman–Crippen LogP) is 6.22. The Morgan fingerprint density at radius 3 is 2.55 bits per heavy atom. The number of nitrogens with zero attached hydrogens (tertiary/aromatic N) is 3.